The Morgan fingerprint density at radius 2 is 2.60 bits per heavy atom. The highest BCUT2D eigenvalue weighted by molar-refractivity contribution is 5.69. The minimum atomic E-state index is -0.563. The summed E-state index contributed by atoms with van der Waals surface area (Å²) in [7, 11) is 0. The van der Waals surface area contributed by atoms with Crippen LogP contribution in [0.25, 0.3) is 0 Å². The first-order valence-electron chi connectivity index (χ1n) is 2.95. The van der Waals surface area contributed by atoms with Crippen molar-refractivity contribution in [2.24, 2.45) is 10.8 Å². The van der Waals surface area contributed by atoms with E-state index in [1.165, 1.54) is 6.21 Å². The smallest absolute Gasteiger partial charge is 0.427 e. The Labute approximate surface area is 59.2 Å². The van der Waals surface area contributed by atoms with E-state index in [9.17, 15) is 4.79 Å². The Balaban J connectivity index is 3.30. The van der Waals surface area contributed by atoms with Crippen molar-refractivity contribution in [3.8, 4) is 0 Å². The first-order chi connectivity index (χ1) is 4.81. The van der Waals surface area contributed by atoms with Crippen molar-refractivity contribution in [3.63, 3.8) is 0 Å². The molecule has 0 aromatic rings. The Bertz CT molecular complexity index is 124. The van der Waals surface area contributed by atoms with Crippen molar-refractivity contribution in [3.05, 3.63) is 0 Å². The van der Waals surface area contributed by atoms with E-state index >= 15 is 0 Å². The highest BCUT2D eigenvalue weighted by Gasteiger charge is 1.93. The molecule has 5 nitrogen and oxygen atoms in total. The fourth-order valence-electron chi connectivity index (χ4n) is 0.314. The Morgan fingerprint density at radius 3 is 3.10 bits per heavy atom. The predicted octanol–water partition coefficient (Wildman–Crippen LogP) is -0.323. The van der Waals surface area contributed by atoms with Gasteiger partial charge in [0.05, 0.1) is 6.61 Å². The highest BCUT2D eigenvalue weighted by Crippen LogP contribution is 1.73. The summed E-state index contributed by atoms with van der Waals surface area (Å²) < 4.78 is 4.48. The van der Waals surface area contributed by atoms with Gasteiger partial charge < -0.3 is 10.5 Å². The number of nitrogens with zero attached hydrogens (tertiary/aromatic N) is 1. The summed E-state index contributed by atoms with van der Waals surface area (Å²) in [4.78, 5) is 10.4. The zero-order chi connectivity index (χ0) is 7.82. The number of hydrogen-bond donors (Lipinski definition) is 2. The summed E-state index contributed by atoms with van der Waals surface area (Å²) in [5.41, 5.74) is 7.16. The van der Waals surface area contributed by atoms with Gasteiger partial charge in [-0.1, -0.05) is 0 Å². The molecule has 0 saturated heterocycles. The van der Waals surface area contributed by atoms with Crippen molar-refractivity contribution < 1.29 is 9.53 Å². The van der Waals surface area contributed by atoms with Gasteiger partial charge in [-0.15, -0.1) is 0 Å². The summed E-state index contributed by atoms with van der Waals surface area (Å²) in [5.74, 6) is 0. The van der Waals surface area contributed by atoms with Crippen LogP contribution in [0.5, 0.6) is 0 Å². The van der Waals surface area contributed by atoms with Crippen LogP contribution >= 0.6 is 0 Å². The van der Waals surface area contributed by atoms with E-state index in [1.807, 2.05) is 0 Å². The molecule has 0 aliphatic rings. The lowest BCUT2D eigenvalue weighted by molar-refractivity contribution is 0.152. The van der Waals surface area contributed by atoms with Crippen LogP contribution in [-0.2, 0) is 4.74 Å². The molecular formula is C5H11N3O2. The van der Waals surface area contributed by atoms with Gasteiger partial charge in [0.25, 0.3) is 0 Å². The van der Waals surface area contributed by atoms with Gasteiger partial charge in [-0.3, -0.25) is 0 Å². The normalized spacial score (nSPS) is 9.80. The second-order valence-electron chi connectivity index (χ2n) is 1.38. The molecule has 0 rings (SSSR count). The van der Waals surface area contributed by atoms with Crippen LogP contribution in [0, 0.1) is 0 Å². The van der Waals surface area contributed by atoms with E-state index in [2.05, 4.69) is 15.3 Å². The molecule has 0 unspecified atom stereocenters. The maximum Gasteiger partial charge on any atom is 0.427 e. The zero-order valence-corrected chi connectivity index (χ0v) is 5.83. The molecule has 0 aromatic carbocycles. The van der Waals surface area contributed by atoms with Crippen molar-refractivity contribution >= 4 is 12.3 Å². The van der Waals surface area contributed by atoms with E-state index in [-0.39, 0.29) is 0 Å². The Kier molecular flexibility index (Phi) is 5.36. The van der Waals surface area contributed by atoms with E-state index < -0.39 is 6.09 Å². The number of nitrogens with two attached hydrogens (primary N) is 1. The topological polar surface area (TPSA) is 76.7 Å². The number of hydrazone groups is 1. The van der Waals surface area contributed by atoms with Gasteiger partial charge in [-0.2, -0.15) is 5.10 Å². The van der Waals surface area contributed by atoms with Gasteiger partial charge >= 0.3 is 6.09 Å². The number of amides is 1. The van der Waals surface area contributed by atoms with Crippen LogP contribution in [0.15, 0.2) is 5.10 Å². The molecule has 10 heavy (non-hydrogen) atoms. The quantitative estimate of drug-likeness (QED) is 0.422. The van der Waals surface area contributed by atoms with Crippen molar-refractivity contribution in [1.82, 2.24) is 5.43 Å². The summed E-state index contributed by atoms with van der Waals surface area (Å²) >= 11 is 0. The lowest BCUT2D eigenvalue weighted by atomic mass is 10.8. The molecule has 0 radical (unpaired) electrons. The fourth-order valence-corrected chi connectivity index (χ4v) is 0.314. The molecule has 0 aromatic heterocycles. The first-order valence-corrected chi connectivity index (χ1v) is 2.95. The lowest BCUT2D eigenvalue weighted by Gasteiger charge is -1.97. The monoisotopic (exact) mass is 145 g/mol. The standard InChI is InChI=1S/C5H11N3O2/c1-2-10-5(9)8-7-4-3-6/h4H,2-3,6H2,1H3,(H,8,9). The van der Waals surface area contributed by atoms with Crippen molar-refractivity contribution in [2.75, 3.05) is 13.2 Å². The molecule has 0 saturated carbocycles. The molecule has 0 aliphatic heterocycles. The Hall–Kier alpha value is -1.10. The minimum Gasteiger partial charge on any atom is -0.449 e. The second-order valence-corrected chi connectivity index (χ2v) is 1.38. The van der Waals surface area contributed by atoms with E-state index in [0.29, 0.717) is 13.2 Å². The Morgan fingerprint density at radius 1 is 1.90 bits per heavy atom. The van der Waals surface area contributed by atoms with Gasteiger partial charge in [0.1, 0.15) is 0 Å². The maximum atomic E-state index is 10.4. The highest BCUT2D eigenvalue weighted by atomic mass is 16.5. The average Bonchev–Trinajstić information content (AvgIpc) is 1.89. The summed E-state index contributed by atoms with van der Waals surface area (Å²) in [5, 5.41) is 3.43. The summed E-state index contributed by atoms with van der Waals surface area (Å²) in [6.45, 7) is 2.35. The van der Waals surface area contributed by atoms with Gasteiger partial charge in [-0.05, 0) is 6.92 Å². The molecule has 58 valence electrons. The molecule has 3 N–H and O–H groups in total. The largest absolute Gasteiger partial charge is 0.449 e. The second kappa shape index (κ2) is 6.03. The number of carbonyl (C=O) groups excluding carboxylic acids is 1. The predicted molar refractivity (Wildman–Crippen MR) is 37.7 cm³/mol. The van der Waals surface area contributed by atoms with Crippen LogP contribution in [0.2, 0.25) is 0 Å². The molecule has 0 atom stereocenters. The summed E-state index contributed by atoms with van der Waals surface area (Å²) in [6, 6.07) is 0. The number of ether oxygens (including phenoxy) is 1. The maximum absolute atomic E-state index is 10.4. The van der Waals surface area contributed by atoms with Crippen LogP contribution in [0.4, 0.5) is 4.79 Å². The molecule has 0 bridgehead atoms. The van der Waals surface area contributed by atoms with Crippen LogP contribution in [-0.4, -0.2) is 25.5 Å². The zero-order valence-electron chi connectivity index (χ0n) is 5.83. The number of rotatable bonds is 3. The molecule has 0 heterocycles. The molecule has 5 heteroatoms. The van der Waals surface area contributed by atoms with Gasteiger partial charge in [0.2, 0.25) is 0 Å². The minimum absolute atomic E-state index is 0.298. The van der Waals surface area contributed by atoms with Gasteiger partial charge in [0.15, 0.2) is 0 Å². The van der Waals surface area contributed by atoms with Crippen molar-refractivity contribution in [1.29, 1.82) is 0 Å². The molecule has 1 amide bonds. The van der Waals surface area contributed by atoms with E-state index in [0.717, 1.165) is 0 Å². The third-order valence-electron chi connectivity index (χ3n) is 0.628. The van der Waals surface area contributed by atoms with Crippen LogP contribution < -0.4 is 11.2 Å². The molecule has 0 fully saturated rings. The SMILES string of the molecule is CCOC(=O)NN=CCN. The average molecular weight is 145 g/mol. The number of carbonyl (C=O) groups is 1. The molecule has 0 spiro atoms. The summed E-state index contributed by atoms with van der Waals surface area (Å²) in [6.07, 6.45) is 0.809. The van der Waals surface area contributed by atoms with E-state index in [4.69, 9.17) is 5.73 Å². The molecular weight excluding hydrogens is 134 g/mol. The van der Waals surface area contributed by atoms with E-state index in [1.54, 1.807) is 6.92 Å². The fraction of sp³-hybridized carbons (Fsp3) is 0.600. The lowest BCUT2D eigenvalue weighted by Crippen LogP contribution is -2.19. The van der Waals surface area contributed by atoms with Gasteiger partial charge in [0, 0.05) is 12.8 Å². The van der Waals surface area contributed by atoms with Crippen LogP contribution in [0.1, 0.15) is 6.92 Å². The third kappa shape index (κ3) is 5.04. The third-order valence-corrected chi connectivity index (χ3v) is 0.628. The first kappa shape index (κ1) is 8.90. The van der Waals surface area contributed by atoms with Gasteiger partial charge in [-0.25, -0.2) is 10.2 Å². The number of hydrogen-bond acceptors (Lipinski definition) is 4. The van der Waals surface area contributed by atoms with Crippen LogP contribution in [0.3, 0.4) is 0 Å². The van der Waals surface area contributed by atoms with Crippen molar-refractivity contribution in [2.45, 2.75) is 6.92 Å². The molecule has 0 aliphatic carbocycles. The number of nitrogens with one attached hydrogen (secondary N) is 1.